The van der Waals surface area contributed by atoms with E-state index in [0.29, 0.717) is 6.54 Å². The molecule has 108 valence electrons. The first-order valence-corrected chi connectivity index (χ1v) is 7.11. The molecular formula is C16H24N4. The number of benzene rings is 1. The second-order valence-electron chi connectivity index (χ2n) is 5.22. The van der Waals surface area contributed by atoms with Crippen molar-refractivity contribution in [3.8, 4) is 0 Å². The van der Waals surface area contributed by atoms with Crippen molar-refractivity contribution < 1.29 is 0 Å². The fourth-order valence-electron chi connectivity index (χ4n) is 2.43. The van der Waals surface area contributed by atoms with Crippen molar-refractivity contribution in [1.29, 1.82) is 0 Å². The first-order chi connectivity index (χ1) is 9.65. The van der Waals surface area contributed by atoms with E-state index < -0.39 is 0 Å². The second-order valence-corrected chi connectivity index (χ2v) is 5.22. The first kappa shape index (κ1) is 14.8. The number of rotatable bonds is 6. The Morgan fingerprint density at radius 3 is 2.50 bits per heavy atom. The van der Waals surface area contributed by atoms with E-state index in [1.165, 1.54) is 11.1 Å². The molecule has 0 aliphatic carbocycles. The summed E-state index contributed by atoms with van der Waals surface area (Å²) in [5.74, 6) is 1.05. The Labute approximate surface area is 121 Å². The zero-order valence-electron chi connectivity index (χ0n) is 12.6. The van der Waals surface area contributed by atoms with E-state index in [1.54, 1.807) is 0 Å². The minimum atomic E-state index is 0.220. The van der Waals surface area contributed by atoms with E-state index in [2.05, 4.69) is 48.1 Å². The van der Waals surface area contributed by atoms with Crippen LogP contribution in [0.2, 0.25) is 0 Å². The largest absolute Gasteiger partial charge is 0.337 e. The lowest BCUT2D eigenvalue weighted by Crippen LogP contribution is -2.31. The van der Waals surface area contributed by atoms with Gasteiger partial charge in [0.25, 0.3) is 0 Å². The summed E-state index contributed by atoms with van der Waals surface area (Å²) in [4.78, 5) is 6.63. The quantitative estimate of drug-likeness (QED) is 0.876. The molecule has 1 atom stereocenters. The Bertz CT molecular complexity index is 530. The molecule has 20 heavy (non-hydrogen) atoms. The molecule has 0 amide bonds. The summed E-state index contributed by atoms with van der Waals surface area (Å²) < 4.78 is 2.05. The van der Waals surface area contributed by atoms with Crippen LogP contribution in [0.15, 0.2) is 36.7 Å². The van der Waals surface area contributed by atoms with Gasteiger partial charge >= 0.3 is 0 Å². The van der Waals surface area contributed by atoms with Gasteiger partial charge in [0.05, 0.1) is 6.54 Å². The third-order valence-electron chi connectivity index (χ3n) is 3.84. The van der Waals surface area contributed by atoms with Gasteiger partial charge < -0.3 is 10.3 Å². The maximum atomic E-state index is 5.97. The minimum Gasteiger partial charge on any atom is -0.337 e. The predicted octanol–water partition coefficient (Wildman–Crippen LogP) is 2.11. The standard InChI is InChI=1S/C16H24N4/c1-4-13-5-7-14(8-6-13)15(11-17)20(3)12-16-18-9-10-19(16)2/h5-10,15H,4,11-12,17H2,1-3H3. The van der Waals surface area contributed by atoms with Gasteiger partial charge in [-0.05, 0) is 24.6 Å². The molecule has 0 fully saturated rings. The zero-order valence-corrected chi connectivity index (χ0v) is 12.6. The Morgan fingerprint density at radius 1 is 1.30 bits per heavy atom. The SMILES string of the molecule is CCc1ccc(C(CN)N(C)Cc2nccn2C)cc1. The smallest absolute Gasteiger partial charge is 0.122 e. The van der Waals surface area contributed by atoms with E-state index in [1.807, 2.05) is 24.0 Å². The topological polar surface area (TPSA) is 47.1 Å². The fraction of sp³-hybridized carbons (Fsp3) is 0.438. The molecule has 0 saturated carbocycles. The molecule has 2 N–H and O–H groups in total. The lowest BCUT2D eigenvalue weighted by molar-refractivity contribution is 0.234. The molecule has 1 aromatic carbocycles. The van der Waals surface area contributed by atoms with E-state index in [-0.39, 0.29) is 6.04 Å². The molecular weight excluding hydrogens is 248 g/mol. The van der Waals surface area contributed by atoms with E-state index in [9.17, 15) is 0 Å². The van der Waals surface area contributed by atoms with Crippen LogP contribution in [0.25, 0.3) is 0 Å². The third-order valence-corrected chi connectivity index (χ3v) is 3.84. The van der Waals surface area contributed by atoms with Gasteiger partial charge in [0.15, 0.2) is 0 Å². The Kier molecular flexibility index (Phi) is 4.93. The molecule has 0 aliphatic heterocycles. The van der Waals surface area contributed by atoms with E-state index >= 15 is 0 Å². The van der Waals surface area contributed by atoms with Crippen molar-refractivity contribution in [2.75, 3.05) is 13.6 Å². The van der Waals surface area contributed by atoms with Crippen molar-refractivity contribution in [2.24, 2.45) is 12.8 Å². The Morgan fingerprint density at radius 2 is 2.00 bits per heavy atom. The van der Waals surface area contributed by atoms with Gasteiger partial charge in [0, 0.05) is 32.0 Å². The summed E-state index contributed by atoms with van der Waals surface area (Å²) >= 11 is 0. The maximum absolute atomic E-state index is 5.97. The van der Waals surface area contributed by atoms with E-state index in [0.717, 1.165) is 18.8 Å². The molecule has 1 unspecified atom stereocenters. The number of likely N-dealkylation sites (N-methyl/N-ethyl adjacent to an activating group) is 1. The van der Waals surface area contributed by atoms with Crippen LogP contribution in [-0.2, 0) is 20.0 Å². The van der Waals surface area contributed by atoms with Crippen LogP contribution >= 0.6 is 0 Å². The number of hydrogen-bond donors (Lipinski definition) is 1. The highest BCUT2D eigenvalue weighted by molar-refractivity contribution is 5.25. The summed E-state index contributed by atoms with van der Waals surface area (Å²) in [7, 11) is 4.11. The van der Waals surface area contributed by atoms with Crippen molar-refractivity contribution >= 4 is 0 Å². The summed E-state index contributed by atoms with van der Waals surface area (Å²) in [6, 6.07) is 8.97. The van der Waals surface area contributed by atoms with E-state index in [4.69, 9.17) is 5.73 Å². The molecule has 0 bridgehead atoms. The summed E-state index contributed by atoms with van der Waals surface area (Å²) in [5.41, 5.74) is 8.60. The minimum absolute atomic E-state index is 0.220. The fourth-order valence-corrected chi connectivity index (χ4v) is 2.43. The zero-order chi connectivity index (χ0) is 14.5. The summed E-state index contributed by atoms with van der Waals surface area (Å²) in [6.07, 6.45) is 4.87. The van der Waals surface area contributed by atoms with Gasteiger partial charge in [-0.2, -0.15) is 0 Å². The van der Waals surface area contributed by atoms with Crippen LogP contribution < -0.4 is 5.73 Å². The van der Waals surface area contributed by atoms with Crippen molar-refractivity contribution in [3.05, 3.63) is 53.6 Å². The average molecular weight is 272 g/mol. The molecule has 4 heteroatoms. The molecule has 1 heterocycles. The summed E-state index contributed by atoms with van der Waals surface area (Å²) in [5, 5.41) is 0. The van der Waals surface area contributed by atoms with Crippen LogP contribution in [0.1, 0.15) is 29.9 Å². The monoisotopic (exact) mass is 272 g/mol. The number of nitrogens with zero attached hydrogens (tertiary/aromatic N) is 3. The lowest BCUT2D eigenvalue weighted by Gasteiger charge is -2.27. The molecule has 1 aromatic heterocycles. The molecule has 0 saturated heterocycles. The van der Waals surface area contributed by atoms with Gasteiger partial charge in [-0.25, -0.2) is 4.98 Å². The number of nitrogens with two attached hydrogens (primary N) is 1. The highest BCUT2D eigenvalue weighted by atomic mass is 15.2. The summed E-state index contributed by atoms with van der Waals surface area (Å²) in [6.45, 7) is 3.57. The van der Waals surface area contributed by atoms with Crippen LogP contribution in [-0.4, -0.2) is 28.0 Å². The van der Waals surface area contributed by atoms with Crippen LogP contribution in [0, 0.1) is 0 Å². The van der Waals surface area contributed by atoms with Gasteiger partial charge in [-0.1, -0.05) is 31.2 Å². The highest BCUT2D eigenvalue weighted by Gasteiger charge is 2.17. The van der Waals surface area contributed by atoms with Gasteiger partial charge in [0.2, 0.25) is 0 Å². The van der Waals surface area contributed by atoms with Crippen LogP contribution in [0.4, 0.5) is 0 Å². The van der Waals surface area contributed by atoms with Gasteiger partial charge in [-0.3, -0.25) is 4.90 Å². The molecule has 2 aromatic rings. The molecule has 0 spiro atoms. The molecule has 4 nitrogen and oxygen atoms in total. The van der Waals surface area contributed by atoms with Crippen LogP contribution in [0.5, 0.6) is 0 Å². The van der Waals surface area contributed by atoms with Crippen molar-refractivity contribution in [1.82, 2.24) is 14.5 Å². The first-order valence-electron chi connectivity index (χ1n) is 7.11. The van der Waals surface area contributed by atoms with Crippen LogP contribution in [0.3, 0.4) is 0 Å². The highest BCUT2D eigenvalue weighted by Crippen LogP contribution is 2.20. The third kappa shape index (κ3) is 3.26. The average Bonchev–Trinajstić information content (AvgIpc) is 2.86. The van der Waals surface area contributed by atoms with Crippen molar-refractivity contribution in [3.63, 3.8) is 0 Å². The Hall–Kier alpha value is -1.65. The molecule has 0 aliphatic rings. The van der Waals surface area contributed by atoms with Crippen molar-refractivity contribution in [2.45, 2.75) is 25.9 Å². The number of hydrogen-bond acceptors (Lipinski definition) is 3. The van der Waals surface area contributed by atoms with Gasteiger partial charge in [0.1, 0.15) is 5.82 Å². The lowest BCUT2D eigenvalue weighted by atomic mass is 10.0. The molecule has 2 rings (SSSR count). The number of aromatic nitrogens is 2. The Balaban J connectivity index is 2.12. The normalized spacial score (nSPS) is 12.8. The maximum Gasteiger partial charge on any atom is 0.122 e. The predicted molar refractivity (Wildman–Crippen MR) is 82.3 cm³/mol. The second kappa shape index (κ2) is 6.68. The van der Waals surface area contributed by atoms with Gasteiger partial charge in [-0.15, -0.1) is 0 Å². The molecule has 0 radical (unpaired) electrons. The number of imidazole rings is 1. The number of aryl methyl sites for hydroxylation is 2.